The predicted molar refractivity (Wildman–Crippen MR) is 101 cm³/mol. The Bertz CT molecular complexity index is 749. The molecular formula is C18H23Cl2NO6. The van der Waals surface area contributed by atoms with Gasteiger partial charge in [0.05, 0.1) is 15.6 Å². The number of hydrogen-bond donors (Lipinski definition) is 2. The van der Waals surface area contributed by atoms with Crippen molar-refractivity contribution in [2.45, 2.75) is 58.8 Å². The topological polar surface area (TPSA) is 102 Å². The average molecular weight is 420 g/mol. The van der Waals surface area contributed by atoms with Gasteiger partial charge >= 0.3 is 18.0 Å². The number of halogens is 2. The van der Waals surface area contributed by atoms with Crippen LogP contribution in [0.3, 0.4) is 0 Å². The van der Waals surface area contributed by atoms with Gasteiger partial charge in [0.1, 0.15) is 11.2 Å². The van der Waals surface area contributed by atoms with Gasteiger partial charge in [-0.1, -0.05) is 29.3 Å². The second kappa shape index (κ2) is 8.35. The summed E-state index contributed by atoms with van der Waals surface area (Å²) in [7, 11) is 0. The van der Waals surface area contributed by atoms with Crippen LogP contribution in [0.1, 0.15) is 63.5 Å². The maximum absolute atomic E-state index is 12.2. The van der Waals surface area contributed by atoms with Gasteiger partial charge in [0.2, 0.25) is 0 Å². The fourth-order valence-corrected chi connectivity index (χ4v) is 2.50. The number of rotatable bonds is 4. The lowest BCUT2D eigenvalue weighted by molar-refractivity contribution is -0.139. The molecule has 0 radical (unpaired) electrons. The fraction of sp³-hybridized carbons (Fsp3) is 0.500. The second-order valence-corrected chi connectivity index (χ2v) is 8.51. The van der Waals surface area contributed by atoms with Crippen LogP contribution in [0.4, 0.5) is 4.79 Å². The molecule has 0 aliphatic heterocycles. The largest absolute Gasteiger partial charge is 0.479 e. The summed E-state index contributed by atoms with van der Waals surface area (Å²) in [5, 5.41) is 11.3. The van der Waals surface area contributed by atoms with Gasteiger partial charge in [-0.25, -0.2) is 14.4 Å². The Hall–Kier alpha value is -1.99. The van der Waals surface area contributed by atoms with Gasteiger partial charge in [0, 0.05) is 5.56 Å². The first-order valence-corrected chi connectivity index (χ1v) is 8.81. The van der Waals surface area contributed by atoms with Gasteiger partial charge in [-0.3, -0.25) is 0 Å². The highest BCUT2D eigenvalue weighted by Crippen LogP contribution is 2.34. The molecule has 1 atom stereocenters. The Balaban J connectivity index is 3.20. The number of carbonyl (C=O) groups excluding carboxylic acids is 2. The van der Waals surface area contributed by atoms with E-state index < -0.39 is 35.3 Å². The van der Waals surface area contributed by atoms with Crippen molar-refractivity contribution in [1.82, 2.24) is 5.32 Å². The van der Waals surface area contributed by atoms with E-state index in [1.165, 1.54) is 12.1 Å². The van der Waals surface area contributed by atoms with Crippen molar-refractivity contribution in [2.24, 2.45) is 0 Å². The number of hydrogen-bond acceptors (Lipinski definition) is 5. The van der Waals surface area contributed by atoms with Crippen LogP contribution in [-0.4, -0.2) is 34.3 Å². The normalized spacial score (nSPS) is 12.9. The maximum Gasteiger partial charge on any atom is 0.408 e. The van der Waals surface area contributed by atoms with Crippen molar-refractivity contribution in [3.05, 3.63) is 33.3 Å². The Morgan fingerprint density at radius 3 is 1.93 bits per heavy atom. The smallest absolute Gasteiger partial charge is 0.408 e. The predicted octanol–water partition coefficient (Wildman–Crippen LogP) is 4.60. The number of carboxylic acid groups (broad SMARTS) is 1. The maximum atomic E-state index is 12.2. The SMILES string of the molecule is CC(C)(C)OC(=O)NC(C(=O)O)c1ccc(C(=O)OC(C)(C)C)c(Cl)c1Cl. The Kier molecular flexibility index (Phi) is 7.13. The first kappa shape index (κ1) is 23.0. The summed E-state index contributed by atoms with van der Waals surface area (Å²) in [6, 6.07) is 1.08. The number of nitrogens with one attached hydrogen (secondary N) is 1. The number of carboxylic acids is 1. The van der Waals surface area contributed by atoms with E-state index in [1.54, 1.807) is 41.5 Å². The first-order chi connectivity index (χ1) is 12.1. The molecule has 9 heteroatoms. The zero-order valence-electron chi connectivity index (χ0n) is 16.0. The zero-order valence-corrected chi connectivity index (χ0v) is 17.5. The Labute approximate surface area is 167 Å². The minimum absolute atomic E-state index is 0.00679. The van der Waals surface area contributed by atoms with E-state index in [1.807, 2.05) is 0 Å². The lowest BCUT2D eigenvalue weighted by atomic mass is 10.0. The Morgan fingerprint density at radius 1 is 0.963 bits per heavy atom. The van der Waals surface area contributed by atoms with E-state index in [0.29, 0.717) is 0 Å². The van der Waals surface area contributed by atoms with Crippen LogP contribution in [0.2, 0.25) is 10.0 Å². The molecule has 0 saturated carbocycles. The van der Waals surface area contributed by atoms with Crippen LogP contribution in [-0.2, 0) is 14.3 Å². The van der Waals surface area contributed by atoms with Crippen LogP contribution in [0.25, 0.3) is 0 Å². The van der Waals surface area contributed by atoms with E-state index >= 15 is 0 Å². The van der Waals surface area contributed by atoms with Crippen LogP contribution in [0.5, 0.6) is 0 Å². The molecule has 150 valence electrons. The number of carbonyl (C=O) groups is 3. The molecule has 7 nitrogen and oxygen atoms in total. The average Bonchev–Trinajstić information content (AvgIpc) is 2.44. The van der Waals surface area contributed by atoms with Gasteiger partial charge in [-0.15, -0.1) is 0 Å². The number of amides is 1. The van der Waals surface area contributed by atoms with Gasteiger partial charge in [-0.2, -0.15) is 0 Å². The lowest BCUT2D eigenvalue weighted by Gasteiger charge is -2.23. The number of esters is 1. The molecule has 1 aromatic carbocycles. The van der Waals surface area contributed by atoms with Gasteiger partial charge in [0.15, 0.2) is 6.04 Å². The third-order valence-electron chi connectivity index (χ3n) is 2.95. The molecule has 0 bridgehead atoms. The molecule has 27 heavy (non-hydrogen) atoms. The van der Waals surface area contributed by atoms with E-state index in [2.05, 4.69) is 5.32 Å². The number of ether oxygens (including phenoxy) is 2. The first-order valence-electron chi connectivity index (χ1n) is 8.06. The molecule has 1 rings (SSSR count). The van der Waals surface area contributed by atoms with Gasteiger partial charge in [0.25, 0.3) is 0 Å². The van der Waals surface area contributed by atoms with E-state index in [-0.39, 0.29) is 21.2 Å². The summed E-state index contributed by atoms with van der Waals surface area (Å²) in [6.45, 7) is 10.0. The monoisotopic (exact) mass is 419 g/mol. The van der Waals surface area contributed by atoms with Crippen molar-refractivity contribution in [2.75, 3.05) is 0 Å². The molecular weight excluding hydrogens is 397 g/mol. The van der Waals surface area contributed by atoms with E-state index in [4.69, 9.17) is 32.7 Å². The van der Waals surface area contributed by atoms with Crippen molar-refractivity contribution >= 4 is 41.2 Å². The fourth-order valence-electron chi connectivity index (χ4n) is 1.98. The van der Waals surface area contributed by atoms with Crippen LogP contribution in [0.15, 0.2) is 12.1 Å². The van der Waals surface area contributed by atoms with Crippen LogP contribution >= 0.6 is 23.2 Å². The summed E-state index contributed by atoms with van der Waals surface area (Å²) < 4.78 is 10.3. The van der Waals surface area contributed by atoms with Crippen LogP contribution < -0.4 is 5.32 Å². The summed E-state index contributed by atoms with van der Waals surface area (Å²) in [6.07, 6.45) is -0.932. The van der Waals surface area contributed by atoms with Gasteiger partial charge < -0.3 is 19.9 Å². The highest BCUT2D eigenvalue weighted by Gasteiger charge is 2.30. The minimum Gasteiger partial charge on any atom is -0.479 e. The quantitative estimate of drug-likeness (QED) is 0.691. The molecule has 1 amide bonds. The molecule has 0 fully saturated rings. The molecule has 2 N–H and O–H groups in total. The summed E-state index contributed by atoms with van der Waals surface area (Å²) in [5.41, 5.74) is -1.56. The van der Waals surface area contributed by atoms with E-state index in [0.717, 1.165) is 0 Å². The second-order valence-electron chi connectivity index (χ2n) is 7.75. The highest BCUT2D eigenvalue weighted by atomic mass is 35.5. The molecule has 0 aromatic heterocycles. The van der Waals surface area contributed by atoms with Crippen molar-refractivity contribution in [3.63, 3.8) is 0 Å². The van der Waals surface area contributed by atoms with Crippen molar-refractivity contribution in [1.29, 1.82) is 0 Å². The number of aliphatic carboxylic acids is 1. The molecule has 0 aliphatic carbocycles. The Morgan fingerprint density at radius 2 is 1.48 bits per heavy atom. The third-order valence-corrected chi connectivity index (χ3v) is 3.85. The van der Waals surface area contributed by atoms with Crippen molar-refractivity contribution in [3.8, 4) is 0 Å². The van der Waals surface area contributed by atoms with Crippen molar-refractivity contribution < 1.29 is 29.0 Å². The third kappa shape index (κ3) is 6.92. The minimum atomic E-state index is -1.52. The van der Waals surface area contributed by atoms with Gasteiger partial charge in [-0.05, 0) is 47.6 Å². The molecule has 0 saturated heterocycles. The lowest BCUT2D eigenvalue weighted by Crippen LogP contribution is -2.38. The molecule has 1 aromatic rings. The number of benzene rings is 1. The van der Waals surface area contributed by atoms with E-state index in [9.17, 15) is 19.5 Å². The molecule has 0 aliphatic rings. The molecule has 0 spiro atoms. The standard InChI is InChI=1S/C18H23Cl2NO6/c1-17(2,3)26-15(24)10-8-7-9(11(19)12(10)20)13(14(22)23)21-16(25)27-18(4,5)6/h7-8,13H,1-6H3,(H,21,25)(H,22,23). The van der Waals surface area contributed by atoms with Crippen LogP contribution in [0, 0.1) is 0 Å². The summed E-state index contributed by atoms with van der Waals surface area (Å²) in [5.74, 6) is -2.07. The zero-order chi connectivity index (χ0) is 21.2. The molecule has 0 heterocycles. The molecule has 1 unspecified atom stereocenters. The summed E-state index contributed by atoms with van der Waals surface area (Å²) >= 11 is 12.3. The summed E-state index contributed by atoms with van der Waals surface area (Å²) in [4.78, 5) is 35.7. The number of alkyl carbamates (subject to hydrolysis) is 1. The highest BCUT2D eigenvalue weighted by molar-refractivity contribution is 6.44.